The van der Waals surface area contributed by atoms with Gasteiger partial charge in [0.1, 0.15) is 12.4 Å². The maximum atomic E-state index is 5.57. The zero-order valence-corrected chi connectivity index (χ0v) is 11.1. The molecule has 0 aliphatic heterocycles. The minimum absolute atomic E-state index is 0.197. The molecule has 0 bridgehead atoms. The Kier molecular flexibility index (Phi) is 6.01. The van der Waals surface area contributed by atoms with E-state index in [0.29, 0.717) is 6.61 Å². The third kappa shape index (κ3) is 7.77. The summed E-state index contributed by atoms with van der Waals surface area (Å²) in [6, 6.07) is 9.90. The van der Waals surface area contributed by atoms with Crippen molar-refractivity contribution in [3.05, 3.63) is 30.3 Å². The van der Waals surface area contributed by atoms with Gasteiger partial charge in [0.25, 0.3) is 0 Å². The first-order chi connectivity index (χ1) is 8.08. The van der Waals surface area contributed by atoms with Crippen LogP contribution in [0.1, 0.15) is 20.8 Å². The van der Waals surface area contributed by atoms with Crippen LogP contribution < -0.4 is 15.4 Å². The molecule has 0 aliphatic carbocycles. The van der Waals surface area contributed by atoms with Gasteiger partial charge < -0.3 is 15.4 Å². The third-order valence-electron chi connectivity index (χ3n) is 2.25. The normalized spacial score (nSPS) is 11.5. The molecule has 0 saturated heterocycles. The van der Waals surface area contributed by atoms with Crippen LogP contribution >= 0.6 is 0 Å². The monoisotopic (exact) mass is 236 g/mol. The fraction of sp³-hybridized carbons (Fsp3) is 0.571. The second-order valence-corrected chi connectivity index (χ2v) is 5.09. The molecule has 0 saturated carbocycles. The zero-order chi connectivity index (χ0) is 12.6. The molecule has 0 aromatic heterocycles. The van der Waals surface area contributed by atoms with Gasteiger partial charge in [-0.3, -0.25) is 0 Å². The van der Waals surface area contributed by atoms with Crippen LogP contribution in [0.3, 0.4) is 0 Å². The van der Waals surface area contributed by atoms with E-state index in [1.54, 1.807) is 0 Å². The number of benzene rings is 1. The molecule has 0 atom stereocenters. The Bertz CT molecular complexity index is 293. The van der Waals surface area contributed by atoms with E-state index in [-0.39, 0.29) is 5.54 Å². The molecule has 3 heteroatoms. The highest BCUT2D eigenvalue weighted by atomic mass is 16.5. The maximum Gasteiger partial charge on any atom is 0.119 e. The van der Waals surface area contributed by atoms with E-state index in [4.69, 9.17) is 4.74 Å². The molecule has 0 radical (unpaired) electrons. The van der Waals surface area contributed by atoms with Crippen LogP contribution in [0.15, 0.2) is 30.3 Å². The van der Waals surface area contributed by atoms with Crippen LogP contribution in [-0.2, 0) is 0 Å². The van der Waals surface area contributed by atoms with Crippen LogP contribution in [0, 0.1) is 0 Å². The van der Waals surface area contributed by atoms with Crippen molar-refractivity contribution < 1.29 is 4.74 Å². The topological polar surface area (TPSA) is 33.3 Å². The van der Waals surface area contributed by atoms with E-state index >= 15 is 0 Å². The summed E-state index contributed by atoms with van der Waals surface area (Å²) in [6.07, 6.45) is 0. The predicted octanol–water partition coefficient (Wildman–Crippen LogP) is 2.04. The van der Waals surface area contributed by atoms with Gasteiger partial charge in [-0.1, -0.05) is 18.2 Å². The van der Waals surface area contributed by atoms with Crippen molar-refractivity contribution in [1.29, 1.82) is 0 Å². The average Bonchev–Trinajstić information content (AvgIpc) is 2.28. The summed E-state index contributed by atoms with van der Waals surface area (Å²) in [4.78, 5) is 0. The molecule has 0 amide bonds. The van der Waals surface area contributed by atoms with Crippen molar-refractivity contribution in [3.63, 3.8) is 0 Å². The Labute approximate surface area is 105 Å². The minimum atomic E-state index is 0.197. The highest BCUT2D eigenvalue weighted by Gasteiger charge is 2.06. The van der Waals surface area contributed by atoms with E-state index in [2.05, 4.69) is 31.4 Å². The fourth-order valence-electron chi connectivity index (χ4n) is 1.41. The molecule has 17 heavy (non-hydrogen) atoms. The molecule has 0 unspecified atom stereocenters. The van der Waals surface area contributed by atoms with Gasteiger partial charge in [0, 0.05) is 25.2 Å². The first-order valence-electron chi connectivity index (χ1n) is 6.21. The summed E-state index contributed by atoms with van der Waals surface area (Å²) in [5.74, 6) is 0.933. The van der Waals surface area contributed by atoms with E-state index in [1.165, 1.54) is 0 Å². The molecular formula is C14H24N2O. The minimum Gasteiger partial charge on any atom is -0.492 e. The molecule has 0 spiro atoms. The van der Waals surface area contributed by atoms with Gasteiger partial charge in [-0.15, -0.1) is 0 Å². The van der Waals surface area contributed by atoms with Gasteiger partial charge in [0.15, 0.2) is 0 Å². The quantitative estimate of drug-likeness (QED) is 0.711. The largest absolute Gasteiger partial charge is 0.492 e. The fourth-order valence-corrected chi connectivity index (χ4v) is 1.41. The second-order valence-electron chi connectivity index (χ2n) is 5.09. The first kappa shape index (κ1) is 14.0. The van der Waals surface area contributed by atoms with Crippen molar-refractivity contribution in [2.45, 2.75) is 26.3 Å². The molecular weight excluding hydrogens is 212 g/mol. The van der Waals surface area contributed by atoms with Crippen molar-refractivity contribution in [3.8, 4) is 5.75 Å². The molecule has 0 heterocycles. The van der Waals surface area contributed by atoms with Gasteiger partial charge in [0.05, 0.1) is 0 Å². The summed E-state index contributed by atoms with van der Waals surface area (Å²) in [7, 11) is 0. The van der Waals surface area contributed by atoms with E-state index < -0.39 is 0 Å². The second kappa shape index (κ2) is 7.30. The Hall–Kier alpha value is -1.06. The Morgan fingerprint density at radius 2 is 1.71 bits per heavy atom. The SMILES string of the molecule is CC(C)(C)NCCNCCOc1ccccc1. The van der Waals surface area contributed by atoms with Crippen molar-refractivity contribution in [1.82, 2.24) is 10.6 Å². The van der Waals surface area contributed by atoms with Gasteiger partial charge in [0.2, 0.25) is 0 Å². The van der Waals surface area contributed by atoms with E-state index in [9.17, 15) is 0 Å². The van der Waals surface area contributed by atoms with Crippen LogP contribution in [-0.4, -0.2) is 31.8 Å². The number of hydrogen-bond donors (Lipinski definition) is 2. The first-order valence-corrected chi connectivity index (χ1v) is 6.21. The molecule has 1 aromatic carbocycles. The van der Waals surface area contributed by atoms with Crippen LogP contribution in [0.2, 0.25) is 0 Å². The number of para-hydroxylation sites is 1. The summed E-state index contributed by atoms with van der Waals surface area (Å²) in [5.41, 5.74) is 0.197. The lowest BCUT2D eigenvalue weighted by Gasteiger charge is -2.20. The van der Waals surface area contributed by atoms with Crippen LogP contribution in [0.25, 0.3) is 0 Å². The van der Waals surface area contributed by atoms with E-state index in [1.807, 2.05) is 30.3 Å². The van der Waals surface area contributed by atoms with Crippen molar-refractivity contribution in [2.24, 2.45) is 0 Å². The summed E-state index contributed by atoms with van der Waals surface area (Å²) in [6.45, 7) is 10.0. The standard InChI is InChI=1S/C14H24N2O/c1-14(2,3)16-10-9-15-11-12-17-13-7-5-4-6-8-13/h4-8,15-16H,9-12H2,1-3H3. The zero-order valence-electron chi connectivity index (χ0n) is 11.1. The molecule has 96 valence electrons. The van der Waals surface area contributed by atoms with Crippen molar-refractivity contribution >= 4 is 0 Å². The smallest absolute Gasteiger partial charge is 0.119 e. The lowest BCUT2D eigenvalue weighted by molar-refractivity contribution is 0.312. The highest BCUT2D eigenvalue weighted by Crippen LogP contribution is 2.07. The maximum absolute atomic E-state index is 5.57. The highest BCUT2D eigenvalue weighted by molar-refractivity contribution is 5.20. The predicted molar refractivity (Wildman–Crippen MR) is 72.6 cm³/mol. The lowest BCUT2D eigenvalue weighted by Crippen LogP contribution is -2.40. The lowest BCUT2D eigenvalue weighted by atomic mass is 10.1. The number of ether oxygens (including phenoxy) is 1. The summed E-state index contributed by atoms with van der Waals surface area (Å²) in [5, 5.41) is 6.77. The van der Waals surface area contributed by atoms with Crippen LogP contribution in [0.4, 0.5) is 0 Å². The molecule has 1 rings (SSSR count). The van der Waals surface area contributed by atoms with Gasteiger partial charge in [-0.05, 0) is 32.9 Å². The Morgan fingerprint density at radius 1 is 1.00 bits per heavy atom. The molecule has 3 nitrogen and oxygen atoms in total. The summed E-state index contributed by atoms with van der Waals surface area (Å²) >= 11 is 0. The van der Waals surface area contributed by atoms with Gasteiger partial charge in [-0.25, -0.2) is 0 Å². The summed E-state index contributed by atoms with van der Waals surface area (Å²) < 4.78 is 5.57. The molecule has 0 fully saturated rings. The van der Waals surface area contributed by atoms with E-state index in [0.717, 1.165) is 25.4 Å². The Morgan fingerprint density at radius 3 is 2.35 bits per heavy atom. The van der Waals surface area contributed by atoms with Crippen LogP contribution in [0.5, 0.6) is 5.75 Å². The number of rotatable bonds is 7. The third-order valence-corrected chi connectivity index (χ3v) is 2.25. The molecule has 2 N–H and O–H groups in total. The number of nitrogens with one attached hydrogen (secondary N) is 2. The molecule has 0 aliphatic rings. The molecule has 1 aromatic rings. The Balaban J connectivity index is 1.95. The number of hydrogen-bond acceptors (Lipinski definition) is 3. The van der Waals surface area contributed by atoms with Gasteiger partial charge in [-0.2, -0.15) is 0 Å². The average molecular weight is 236 g/mol. The van der Waals surface area contributed by atoms with Gasteiger partial charge >= 0.3 is 0 Å². The van der Waals surface area contributed by atoms with Crippen molar-refractivity contribution in [2.75, 3.05) is 26.2 Å².